The topological polar surface area (TPSA) is 27.7 Å². The van der Waals surface area contributed by atoms with E-state index in [4.69, 9.17) is 14.2 Å². The Labute approximate surface area is 108 Å². The van der Waals surface area contributed by atoms with Crippen molar-refractivity contribution in [2.24, 2.45) is 29.6 Å². The minimum atomic E-state index is -0.368. The summed E-state index contributed by atoms with van der Waals surface area (Å²) in [5.41, 5.74) is 0.784. The Morgan fingerprint density at radius 3 is 1.88 bits per heavy atom. The van der Waals surface area contributed by atoms with Gasteiger partial charge in [0.25, 0.3) is 0 Å². The van der Waals surface area contributed by atoms with Gasteiger partial charge >= 0.3 is 0 Å². The second kappa shape index (κ2) is 2.33. The molecular formula is C12H14O3S2. The van der Waals surface area contributed by atoms with Gasteiger partial charge in [-0.05, 0) is 19.8 Å². The van der Waals surface area contributed by atoms with E-state index in [9.17, 15) is 0 Å². The first kappa shape index (κ1) is 9.48. The normalized spacial score (nSPS) is 80.8. The number of hydrogen-bond donors (Lipinski definition) is 0. The predicted molar refractivity (Wildman–Crippen MR) is 64.1 cm³/mol. The molecule has 1 saturated carbocycles. The molecule has 3 nitrogen and oxygen atoms in total. The Kier molecular flexibility index (Phi) is 1.30. The van der Waals surface area contributed by atoms with Crippen LogP contribution in [0.15, 0.2) is 0 Å². The van der Waals surface area contributed by atoms with Crippen LogP contribution in [0.5, 0.6) is 0 Å². The highest BCUT2D eigenvalue weighted by molar-refractivity contribution is 8.17. The molecular weight excluding hydrogens is 256 g/mol. The lowest BCUT2D eigenvalue weighted by Gasteiger charge is -2.31. The van der Waals surface area contributed by atoms with Crippen LogP contribution in [0.1, 0.15) is 13.8 Å². The highest BCUT2D eigenvalue weighted by Crippen LogP contribution is 2.81. The first-order valence-corrected chi connectivity index (χ1v) is 8.36. The Bertz CT molecular complexity index is 421. The smallest absolute Gasteiger partial charge is 0.174 e. The van der Waals surface area contributed by atoms with E-state index in [0.717, 1.165) is 22.3 Å². The molecule has 5 heteroatoms. The average molecular weight is 270 g/mol. The summed E-state index contributed by atoms with van der Waals surface area (Å²) in [6.07, 6.45) is 0. The van der Waals surface area contributed by atoms with Gasteiger partial charge in [-0.15, -0.1) is 23.5 Å². The van der Waals surface area contributed by atoms with Crippen molar-refractivity contribution in [2.45, 2.75) is 40.9 Å². The number of rotatable bonds is 0. The Morgan fingerprint density at radius 2 is 1.35 bits per heavy atom. The standard InChI is InChI=1S/C12H14O3S2/c1-11-6-4-3-5-7(6)12(2,15-11)14-9(5)17-10(3)16-8(4)13-11/h3-10H,1-2H3. The lowest BCUT2D eigenvalue weighted by atomic mass is 9.83. The van der Waals surface area contributed by atoms with E-state index in [-0.39, 0.29) is 11.6 Å². The van der Waals surface area contributed by atoms with Gasteiger partial charge in [0, 0.05) is 23.7 Å². The van der Waals surface area contributed by atoms with Crippen molar-refractivity contribution >= 4 is 23.5 Å². The van der Waals surface area contributed by atoms with E-state index in [0.29, 0.717) is 22.7 Å². The highest BCUT2D eigenvalue weighted by atomic mass is 32.2. The van der Waals surface area contributed by atoms with Crippen molar-refractivity contribution in [1.82, 2.24) is 0 Å². The van der Waals surface area contributed by atoms with Crippen LogP contribution in [0.3, 0.4) is 0 Å². The predicted octanol–water partition coefficient (Wildman–Crippen LogP) is 2.08. The third-order valence-corrected chi connectivity index (χ3v) is 9.09. The number of thioether (sulfide) groups is 2. The van der Waals surface area contributed by atoms with Gasteiger partial charge < -0.3 is 14.2 Å². The molecule has 5 aliphatic heterocycles. The summed E-state index contributed by atoms with van der Waals surface area (Å²) in [5.74, 6) is 2.70. The summed E-state index contributed by atoms with van der Waals surface area (Å²) in [5, 5.41) is 0. The minimum Gasteiger partial charge on any atom is -0.336 e. The fourth-order valence-electron chi connectivity index (χ4n) is 5.71. The molecule has 92 valence electrons. The largest absolute Gasteiger partial charge is 0.336 e. The minimum absolute atomic E-state index is 0.368. The first-order valence-electron chi connectivity index (χ1n) is 6.47. The molecule has 0 spiro atoms. The van der Waals surface area contributed by atoms with Crippen LogP contribution in [-0.2, 0) is 14.2 Å². The van der Waals surface area contributed by atoms with Crippen LogP contribution in [0.4, 0.5) is 0 Å². The van der Waals surface area contributed by atoms with E-state index < -0.39 is 0 Å². The average Bonchev–Trinajstić information content (AvgIpc) is 2.90. The summed E-state index contributed by atoms with van der Waals surface area (Å²) in [7, 11) is 0. The molecule has 0 aromatic rings. The van der Waals surface area contributed by atoms with Gasteiger partial charge in [-0.1, -0.05) is 0 Å². The molecule has 6 rings (SSSR count). The van der Waals surface area contributed by atoms with Gasteiger partial charge in [0.2, 0.25) is 0 Å². The van der Waals surface area contributed by atoms with Crippen LogP contribution >= 0.6 is 23.5 Å². The maximum atomic E-state index is 6.26. The van der Waals surface area contributed by atoms with Crippen molar-refractivity contribution in [3.63, 3.8) is 0 Å². The summed E-state index contributed by atoms with van der Waals surface area (Å²) in [6.45, 7) is 4.28. The first-order chi connectivity index (χ1) is 8.11. The molecule has 0 amide bonds. The van der Waals surface area contributed by atoms with Gasteiger partial charge in [0.1, 0.15) is 10.9 Å². The zero-order valence-electron chi connectivity index (χ0n) is 9.66. The molecule has 0 aromatic carbocycles. The highest BCUT2D eigenvalue weighted by Gasteiger charge is 2.84. The maximum absolute atomic E-state index is 6.26. The van der Waals surface area contributed by atoms with Crippen molar-refractivity contribution < 1.29 is 14.2 Å². The summed E-state index contributed by atoms with van der Waals surface area (Å²) in [6, 6.07) is 0. The summed E-state index contributed by atoms with van der Waals surface area (Å²) in [4.78, 5) is 0. The second-order valence-electron chi connectivity index (χ2n) is 6.53. The van der Waals surface area contributed by atoms with Crippen molar-refractivity contribution in [3.8, 4) is 0 Å². The van der Waals surface area contributed by atoms with Gasteiger partial charge in [-0.2, -0.15) is 0 Å². The molecule has 1 aliphatic carbocycles. The van der Waals surface area contributed by atoms with Gasteiger partial charge in [-0.25, -0.2) is 0 Å². The second-order valence-corrected chi connectivity index (χ2v) is 9.32. The van der Waals surface area contributed by atoms with E-state index in [1.54, 1.807) is 0 Å². The quantitative estimate of drug-likeness (QED) is 0.672. The Balaban J connectivity index is 1.66. The molecule has 5 heterocycles. The molecule has 6 aliphatic rings. The molecule has 8 unspecified atom stereocenters. The summed E-state index contributed by atoms with van der Waals surface area (Å²) < 4.78 is 19.5. The van der Waals surface area contributed by atoms with Crippen LogP contribution < -0.4 is 0 Å². The molecule has 0 radical (unpaired) electrons. The third-order valence-electron chi connectivity index (χ3n) is 5.90. The molecule has 0 aromatic heterocycles. The van der Waals surface area contributed by atoms with Gasteiger partial charge in [-0.3, -0.25) is 0 Å². The molecule has 0 N–H and O–H groups in total. The van der Waals surface area contributed by atoms with E-state index in [1.807, 2.05) is 23.5 Å². The van der Waals surface area contributed by atoms with Crippen LogP contribution in [0.2, 0.25) is 0 Å². The molecule has 0 bridgehead atoms. The van der Waals surface area contributed by atoms with Gasteiger partial charge in [0.05, 0.1) is 4.58 Å². The zero-order chi connectivity index (χ0) is 11.2. The Hall–Kier alpha value is 0.580. The number of hydrogen-bond acceptors (Lipinski definition) is 5. The maximum Gasteiger partial charge on any atom is 0.174 e. The third kappa shape index (κ3) is 0.749. The van der Waals surface area contributed by atoms with E-state index in [1.165, 1.54) is 0 Å². The summed E-state index contributed by atoms with van der Waals surface area (Å²) >= 11 is 4.06. The molecule has 8 atom stereocenters. The lowest BCUT2D eigenvalue weighted by molar-refractivity contribution is -0.299. The van der Waals surface area contributed by atoms with E-state index >= 15 is 0 Å². The fraction of sp³-hybridized carbons (Fsp3) is 1.00. The SMILES string of the molecule is CC12OC3SC4SC5OC(C)(O1)C1C5C4C3C12. The van der Waals surface area contributed by atoms with Crippen molar-refractivity contribution in [3.05, 3.63) is 0 Å². The molecule has 17 heavy (non-hydrogen) atoms. The zero-order valence-corrected chi connectivity index (χ0v) is 11.3. The van der Waals surface area contributed by atoms with Gasteiger partial charge in [0.15, 0.2) is 11.6 Å². The molecule has 5 saturated heterocycles. The fourth-order valence-corrected chi connectivity index (χ4v) is 9.80. The monoisotopic (exact) mass is 270 g/mol. The van der Waals surface area contributed by atoms with Crippen molar-refractivity contribution in [2.75, 3.05) is 0 Å². The Morgan fingerprint density at radius 1 is 0.824 bits per heavy atom. The van der Waals surface area contributed by atoms with E-state index in [2.05, 4.69) is 13.8 Å². The number of ether oxygens (including phenoxy) is 3. The van der Waals surface area contributed by atoms with Crippen molar-refractivity contribution in [1.29, 1.82) is 0 Å². The molecule has 6 fully saturated rings. The lowest BCUT2D eigenvalue weighted by Crippen LogP contribution is -2.37. The van der Waals surface area contributed by atoms with Crippen LogP contribution in [0.25, 0.3) is 0 Å². The van der Waals surface area contributed by atoms with Crippen LogP contribution in [0, 0.1) is 29.6 Å². The van der Waals surface area contributed by atoms with Crippen LogP contribution in [-0.4, -0.2) is 27.0 Å².